The van der Waals surface area contributed by atoms with Crippen LogP contribution in [0.15, 0.2) is 40.9 Å². The van der Waals surface area contributed by atoms with Gasteiger partial charge in [-0.25, -0.2) is 0 Å². The molecule has 0 unspecified atom stereocenters. The molecule has 94 valence electrons. The summed E-state index contributed by atoms with van der Waals surface area (Å²) in [5.74, 6) is 0.819. The maximum Gasteiger partial charge on any atom is 0.134 e. The fourth-order valence-electron chi connectivity index (χ4n) is 2.51. The molecule has 0 spiro atoms. The summed E-state index contributed by atoms with van der Waals surface area (Å²) in [6.07, 6.45) is 2.42. The molecule has 3 rings (SSSR count). The lowest BCUT2D eigenvalue weighted by atomic mass is 10.1. The van der Waals surface area contributed by atoms with Crippen molar-refractivity contribution in [2.45, 2.75) is 31.5 Å². The van der Waals surface area contributed by atoms with Crippen LogP contribution in [0.25, 0.3) is 10.8 Å². The van der Waals surface area contributed by atoms with Gasteiger partial charge in [0.1, 0.15) is 11.9 Å². The van der Waals surface area contributed by atoms with E-state index in [1.807, 2.05) is 18.2 Å². The molecule has 1 saturated carbocycles. The highest BCUT2D eigenvalue weighted by Gasteiger charge is 2.27. The van der Waals surface area contributed by atoms with Gasteiger partial charge in [-0.2, -0.15) is 0 Å². The van der Waals surface area contributed by atoms with Crippen molar-refractivity contribution in [2.75, 3.05) is 0 Å². The van der Waals surface area contributed by atoms with Crippen LogP contribution < -0.4 is 4.74 Å². The van der Waals surface area contributed by atoms with Crippen LogP contribution in [0.2, 0.25) is 0 Å². The normalized spacial score (nSPS) is 23.4. The van der Waals surface area contributed by atoms with E-state index in [2.05, 4.69) is 34.1 Å². The molecule has 0 heterocycles. The van der Waals surface area contributed by atoms with Gasteiger partial charge in [-0.1, -0.05) is 30.3 Å². The van der Waals surface area contributed by atoms with E-state index in [9.17, 15) is 5.11 Å². The summed E-state index contributed by atoms with van der Waals surface area (Å²) in [6.45, 7) is 0. The molecule has 0 bridgehead atoms. The second-order valence-electron chi connectivity index (χ2n) is 4.75. The zero-order valence-electron chi connectivity index (χ0n) is 9.97. The highest BCUT2D eigenvalue weighted by molar-refractivity contribution is 9.10. The molecule has 1 fully saturated rings. The van der Waals surface area contributed by atoms with Crippen LogP contribution in [-0.2, 0) is 0 Å². The van der Waals surface area contributed by atoms with E-state index in [0.717, 1.165) is 34.9 Å². The van der Waals surface area contributed by atoms with Crippen LogP contribution in [0, 0.1) is 0 Å². The first-order valence-corrected chi connectivity index (χ1v) is 7.07. The maximum atomic E-state index is 9.81. The average molecular weight is 307 g/mol. The summed E-state index contributed by atoms with van der Waals surface area (Å²) < 4.78 is 6.90. The summed E-state index contributed by atoms with van der Waals surface area (Å²) in [6, 6.07) is 12.2. The molecule has 0 amide bonds. The van der Waals surface area contributed by atoms with Gasteiger partial charge < -0.3 is 9.84 Å². The fourth-order valence-corrected chi connectivity index (χ4v) is 3.10. The SMILES string of the molecule is O[C@@H]1CCC[C@H]1Oc1ccc2ccccc2c1Br. The lowest BCUT2D eigenvalue weighted by molar-refractivity contribution is 0.0600. The van der Waals surface area contributed by atoms with Gasteiger partial charge >= 0.3 is 0 Å². The van der Waals surface area contributed by atoms with Crippen LogP contribution >= 0.6 is 15.9 Å². The minimum absolute atomic E-state index is 0.0672. The van der Waals surface area contributed by atoms with Crippen molar-refractivity contribution in [3.05, 3.63) is 40.9 Å². The van der Waals surface area contributed by atoms with Gasteiger partial charge in [0, 0.05) is 0 Å². The van der Waals surface area contributed by atoms with E-state index >= 15 is 0 Å². The van der Waals surface area contributed by atoms with E-state index in [1.54, 1.807) is 0 Å². The Bertz CT molecular complexity index is 567. The van der Waals surface area contributed by atoms with E-state index < -0.39 is 0 Å². The largest absolute Gasteiger partial charge is 0.487 e. The number of ether oxygens (including phenoxy) is 1. The molecule has 0 aliphatic heterocycles. The zero-order valence-corrected chi connectivity index (χ0v) is 11.6. The molecule has 2 atom stereocenters. The third-order valence-corrected chi connectivity index (χ3v) is 4.34. The van der Waals surface area contributed by atoms with Crippen LogP contribution in [0.4, 0.5) is 0 Å². The molecular formula is C15H15BrO2. The Labute approximate surface area is 115 Å². The van der Waals surface area contributed by atoms with Crippen molar-refractivity contribution >= 4 is 26.7 Å². The number of aliphatic hydroxyl groups is 1. The van der Waals surface area contributed by atoms with E-state index in [-0.39, 0.29) is 12.2 Å². The molecule has 0 saturated heterocycles. The first-order chi connectivity index (χ1) is 8.75. The average Bonchev–Trinajstić information content (AvgIpc) is 2.79. The Morgan fingerprint density at radius 3 is 2.72 bits per heavy atom. The monoisotopic (exact) mass is 306 g/mol. The Hall–Kier alpha value is -1.06. The second kappa shape index (κ2) is 4.90. The molecule has 0 aromatic heterocycles. The molecule has 2 nitrogen and oxygen atoms in total. The predicted octanol–water partition coefficient (Wildman–Crippen LogP) is 3.89. The summed E-state index contributed by atoms with van der Waals surface area (Å²) in [5.41, 5.74) is 0. The quantitative estimate of drug-likeness (QED) is 0.912. The molecule has 0 radical (unpaired) electrons. The van der Waals surface area contributed by atoms with Gasteiger partial charge in [0.25, 0.3) is 0 Å². The minimum atomic E-state index is -0.330. The van der Waals surface area contributed by atoms with Gasteiger partial charge in [-0.05, 0) is 52.0 Å². The summed E-state index contributed by atoms with van der Waals surface area (Å²) in [7, 11) is 0. The van der Waals surface area contributed by atoms with Crippen LogP contribution in [0.5, 0.6) is 5.75 Å². The maximum absolute atomic E-state index is 9.81. The topological polar surface area (TPSA) is 29.5 Å². The fraction of sp³-hybridized carbons (Fsp3) is 0.333. The molecule has 3 heteroatoms. The van der Waals surface area contributed by atoms with E-state index in [0.29, 0.717) is 0 Å². The summed E-state index contributed by atoms with van der Waals surface area (Å²) >= 11 is 3.60. The lowest BCUT2D eigenvalue weighted by Crippen LogP contribution is -2.25. The number of hydrogen-bond donors (Lipinski definition) is 1. The molecule has 1 aliphatic rings. The molecular weight excluding hydrogens is 292 g/mol. The van der Waals surface area contributed by atoms with Crippen LogP contribution in [0.1, 0.15) is 19.3 Å². The summed E-state index contributed by atoms with van der Waals surface area (Å²) in [4.78, 5) is 0. The third kappa shape index (κ3) is 2.13. The number of hydrogen-bond acceptors (Lipinski definition) is 2. The smallest absolute Gasteiger partial charge is 0.134 e. The molecule has 2 aromatic rings. The zero-order chi connectivity index (χ0) is 12.5. The van der Waals surface area contributed by atoms with Crippen molar-refractivity contribution in [1.29, 1.82) is 0 Å². The Kier molecular flexibility index (Phi) is 3.27. The predicted molar refractivity (Wildman–Crippen MR) is 75.9 cm³/mol. The molecule has 2 aromatic carbocycles. The van der Waals surface area contributed by atoms with E-state index in [1.165, 1.54) is 5.39 Å². The Balaban J connectivity index is 1.95. The minimum Gasteiger partial charge on any atom is -0.487 e. The van der Waals surface area contributed by atoms with Crippen molar-refractivity contribution in [2.24, 2.45) is 0 Å². The van der Waals surface area contributed by atoms with E-state index in [4.69, 9.17) is 4.74 Å². The van der Waals surface area contributed by atoms with Gasteiger partial charge in [0.15, 0.2) is 0 Å². The Morgan fingerprint density at radius 1 is 1.11 bits per heavy atom. The first kappa shape index (κ1) is 12.0. The lowest BCUT2D eigenvalue weighted by Gasteiger charge is -2.18. The van der Waals surface area contributed by atoms with Crippen molar-refractivity contribution < 1.29 is 9.84 Å². The van der Waals surface area contributed by atoms with Gasteiger partial charge in [-0.3, -0.25) is 0 Å². The van der Waals surface area contributed by atoms with Gasteiger partial charge in [0.2, 0.25) is 0 Å². The molecule has 1 aliphatic carbocycles. The number of aliphatic hydroxyl groups excluding tert-OH is 1. The number of fused-ring (bicyclic) bond motifs is 1. The first-order valence-electron chi connectivity index (χ1n) is 6.27. The number of rotatable bonds is 2. The van der Waals surface area contributed by atoms with Crippen molar-refractivity contribution in [1.82, 2.24) is 0 Å². The van der Waals surface area contributed by atoms with Crippen LogP contribution in [0.3, 0.4) is 0 Å². The van der Waals surface area contributed by atoms with Crippen molar-refractivity contribution in [3.8, 4) is 5.75 Å². The standard InChI is InChI=1S/C15H15BrO2/c16-15-11-5-2-1-4-10(11)8-9-14(15)18-13-7-3-6-12(13)17/h1-2,4-5,8-9,12-13,17H,3,6-7H2/t12-,13-/m1/s1. The second-order valence-corrected chi connectivity index (χ2v) is 5.55. The number of benzene rings is 2. The highest BCUT2D eigenvalue weighted by Crippen LogP contribution is 2.35. The molecule has 1 N–H and O–H groups in total. The van der Waals surface area contributed by atoms with Gasteiger partial charge in [-0.15, -0.1) is 0 Å². The molecule has 18 heavy (non-hydrogen) atoms. The highest BCUT2D eigenvalue weighted by atomic mass is 79.9. The van der Waals surface area contributed by atoms with Crippen LogP contribution in [-0.4, -0.2) is 17.3 Å². The van der Waals surface area contributed by atoms with Gasteiger partial charge in [0.05, 0.1) is 10.6 Å². The third-order valence-electron chi connectivity index (χ3n) is 3.52. The number of halogens is 1. The Morgan fingerprint density at radius 2 is 1.94 bits per heavy atom. The summed E-state index contributed by atoms with van der Waals surface area (Å²) in [5, 5.41) is 12.1. The van der Waals surface area contributed by atoms with Crippen molar-refractivity contribution in [3.63, 3.8) is 0 Å².